The number of benzene rings is 4. The molecule has 0 aliphatic heterocycles. The summed E-state index contributed by atoms with van der Waals surface area (Å²) in [6.07, 6.45) is 0. The second-order valence-corrected chi connectivity index (χ2v) is 5.63. The van der Waals surface area contributed by atoms with E-state index in [1.165, 1.54) is 16.5 Å². The highest BCUT2D eigenvalue weighted by Crippen LogP contribution is 2.32. The minimum absolute atomic E-state index is 0.530. The van der Waals surface area contributed by atoms with Crippen LogP contribution in [0.25, 0.3) is 32.3 Å². The van der Waals surface area contributed by atoms with Crippen molar-refractivity contribution in [1.29, 1.82) is 0 Å². The van der Waals surface area contributed by atoms with Crippen LogP contribution in [0.5, 0.6) is 0 Å². The Bertz CT molecular complexity index is 896. The molecule has 0 aliphatic carbocycles. The quantitative estimate of drug-likeness (QED) is 0.323. The Hall–Kier alpha value is -2.28. The molecule has 0 amide bonds. The van der Waals surface area contributed by atoms with Gasteiger partial charge in [-0.25, -0.2) is 0 Å². The first-order valence-electron chi connectivity index (χ1n) is 7.69. The highest BCUT2D eigenvalue weighted by molar-refractivity contribution is 6.46. The van der Waals surface area contributed by atoms with E-state index in [-0.39, 0.29) is 0 Å². The van der Waals surface area contributed by atoms with Crippen LogP contribution >= 0.6 is 0 Å². The fourth-order valence-corrected chi connectivity index (χ4v) is 3.42. The van der Waals surface area contributed by atoms with Crippen molar-refractivity contribution in [3.8, 4) is 0 Å². The summed E-state index contributed by atoms with van der Waals surface area (Å²) in [4.78, 5) is 0. The fourth-order valence-electron chi connectivity index (χ4n) is 3.42. The zero-order chi connectivity index (χ0) is 15.4. The number of hydrogen-bond acceptors (Lipinski definition) is 0. The Balaban J connectivity index is 2.42. The molecule has 4 rings (SSSR count). The Morgan fingerprint density at radius 1 is 0.762 bits per heavy atom. The van der Waals surface area contributed by atoms with E-state index in [1.54, 1.807) is 0 Å². The third-order valence-electron chi connectivity index (χ3n) is 4.48. The van der Waals surface area contributed by atoms with E-state index < -0.39 is 0 Å². The van der Waals surface area contributed by atoms with Crippen molar-refractivity contribution in [3.05, 3.63) is 65.7 Å². The van der Waals surface area contributed by atoms with Gasteiger partial charge < -0.3 is 0 Å². The molecule has 0 bridgehead atoms. The van der Waals surface area contributed by atoms with Crippen LogP contribution in [0.4, 0.5) is 0 Å². The lowest BCUT2D eigenvalue weighted by atomic mass is 9.80. The van der Waals surface area contributed by atoms with E-state index in [0.717, 1.165) is 32.4 Å². The van der Waals surface area contributed by atoms with E-state index in [4.69, 9.17) is 9.22 Å². The zero-order valence-corrected chi connectivity index (χ0v) is 12.2. The largest absolute Gasteiger partial charge is 0.115 e. The second-order valence-electron chi connectivity index (χ2n) is 5.63. The van der Waals surface area contributed by atoms with Crippen LogP contribution in [0.1, 0.15) is 12.5 Å². The number of aryl methyl sites for hydroxylation is 2. The van der Waals surface area contributed by atoms with Crippen LogP contribution < -0.4 is 5.46 Å². The summed E-state index contributed by atoms with van der Waals surface area (Å²) in [6.45, 7) is 4.26. The third kappa shape index (κ3) is 1.64. The first-order valence-corrected chi connectivity index (χ1v) is 7.19. The topological polar surface area (TPSA) is 0 Å². The molecule has 0 unspecified atom stereocenters. The minimum Gasteiger partial charge on any atom is -0.0812 e. The lowest BCUT2D eigenvalue weighted by Gasteiger charge is -2.16. The van der Waals surface area contributed by atoms with Crippen LogP contribution in [0.3, 0.4) is 0 Å². The Labute approximate surface area is 127 Å². The smallest absolute Gasteiger partial charge is 0.0812 e. The van der Waals surface area contributed by atoms with Crippen molar-refractivity contribution in [2.24, 2.45) is 0 Å². The molecule has 98 valence electrons. The van der Waals surface area contributed by atoms with Crippen LogP contribution in [-0.2, 0) is 0 Å². The van der Waals surface area contributed by atoms with Gasteiger partial charge in [0.2, 0.25) is 0 Å². The van der Waals surface area contributed by atoms with Gasteiger partial charge in [-0.05, 0) is 63.3 Å². The van der Waals surface area contributed by atoms with E-state index >= 15 is 0 Å². The van der Waals surface area contributed by atoms with E-state index in [1.807, 2.05) is 36.4 Å². The molecule has 0 saturated heterocycles. The lowest BCUT2D eigenvalue weighted by molar-refractivity contribution is 1.53. The molecular formula is C20H15B. The van der Waals surface area contributed by atoms with Crippen molar-refractivity contribution in [2.75, 3.05) is 0 Å². The molecule has 21 heavy (non-hydrogen) atoms. The number of hydrogen-bond donors (Lipinski definition) is 0. The molecular weight excluding hydrogens is 251 g/mol. The number of rotatable bonds is 0. The Kier molecular flexibility index (Phi) is 2.36. The van der Waals surface area contributed by atoms with Gasteiger partial charge >= 0.3 is 0 Å². The molecule has 0 heterocycles. The van der Waals surface area contributed by atoms with Gasteiger partial charge in [-0.1, -0.05) is 54.0 Å². The summed E-state index contributed by atoms with van der Waals surface area (Å²) >= 11 is 0. The molecule has 0 aromatic heterocycles. The van der Waals surface area contributed by atoms with Gasteiger partial charge in [0.25, 0.3) is 0 Å². The van der Waals surface area contributed by atoms with Crippen LogP contribution in [-0.4, -0.2) is 7.85 Å². The first kappa shape index (κ1) is 11.4. The average Bonchev–Trinajstić information content (AvgIpc) is 2.56. The van der Waals surface area contributed by atoms with E-state index in [9.17, 15) is 0 Å². The van der Waals surface area contributed by atoms with E-state index in [0.29, 0.717) is 6.04 Å². The normalized spacial score (nSPS) is 12.2. The fraction of sp³-hybridized carbons (Fsp3) is 0.100. The molecule has 4 aromatic carbocycles. The van der Waals surface area contributed by atoms with Gasteiger partial charge in [0, 0.05) is 0 Å². The Morgan fingerprint density at radius 2 is 1.33 bits per heavy atom. The predicted molar refractivity (Wildman–Crippen MR) is 93.8 cm³/mol. The highest BCUT2D eigenvalue weighted by Gasteiger charge is 2.12. The average molecular weight is 267 g/mol. The molecule has 0 spiro atoms. The first-order chi connectivity index (χ1) is 10.6. The predicted octanol–water partition coefficient (Wildman–Crippen LogP) is 4.56. The van der Waals surface area contributed by atoms with Crippen molar-refractivity contribution in [1.82, 2.24) is 0 Å². The van der Waals surface area contributed by atoms with Gasteiger partial charge in [-0.3, -0.25) is 0 Å². The summed E-state index contributed by atoms with van der Waals surface area (Å²) in [5.74, 6) is 0. The van der Waals surface area contributed by atoms with Crippen molar-refractivity contribution < 1.29 is 1.37 Å². The standard InChI is InChI=1S/C20H15B/c1-12-15-8-4-3-7-14(15)11-18-19(12)13(2)16-9-5-6-10-17(16)20(18)21/h3-11H,1-2H3/i11D. The third-order valence-corrected chi connectivity index (χ3v) is 4.48. The molecule has 0 fully saturated rings. The monoisotopic (exact) mass is 267 g/mol. The molecule has 0 atom stereocenters. The second kappa shape index (κ2) is 4.36. The van der Waals surface area contributed by atoms with Crippen LogP contribution in [0.15, 0.2) is 54.6 Å². The Morgan fingerprint density at radius 3 is 2.10 bits per heavy atom. The molecule has 0 nitrogen and oxygen atoms in total. The summed E-state index contributed by atoms with van der Waals surface area (Å²) < 4.78 is 8.66. The van der Waals surface area contributed by atoms with Crippen LogP contribution in [0.2, 0.25) is 0 Å². The van der Waals surface area contributed by atoms with E-state index in [2.05, 4.69) is 26.0 Å². The van der Waals surface area contributed by atoms with Gasteiger partial charge in [0.05, 0.1) is 1.37 Å². The van der Waals surface area contributed by atoms with Crippen molar-refractivity contribution in [3.63, 3.8) is 0 Å². The van der Waals surface area contributed by atoms with Crippen LogP contribution in [0, 0.1) is 13.8 Å². The zero-order valence-electron chi connectivity index (χ0n) is 13.2. The maximum Gasteiger partial charge on any atom is 0.115 e. The summed E-state index contributed by atoms with van der Waals surface area (Å²) in [5, 5.41) is 6.32. The minimum atomic E-state index is 0.530. The summed E-state index contributed by atoms with van der Waals surface area (Å²) in [5.41, 5.74) is 3.13. The maximum atomic E-state index is 8.66. The maximum absolute atomic E-state index is 8.66. The lowest BCUT2D eigenvalue weighted by Crippen LogP contribution is -2.08. The van der Waals surface area contributed by atoms with Gasteiger partial charge in [0.15, 0.2) is 0 Å². The van der Waals surface area contributed by atoms with Crippen molar-refractivity contribution >= 4 is 45.6 Å². The van der Waals surface area contributed by atoms with Gasteiger partial charge in [-0.2, -0.15) is 0 Å². The number of fused-ring (bicyclic) bond motifs is 3. The summed E-state index contributed by atoms with van der Waals surface area (Å²) in [6, 6.07) is 16.8. The summed E-state index contributed by atoms with van der Waals surface area (Å²) in [7, 11) is 6.46. The molecule has 2 radical (unpaired) electrons. The molecule has 4 aromatic rings. The molecule has 1 heteroatoms. The van der Waals surface area contributed by atoms with Crippen molar-refractivity contribution in [2.45, 2.75) is 13.8 Å². The molecule has 0 saturated carbocycles. The molecule has 0 aliphatic rings. The highest BCUT2D eigenvalue weighted by atomic mass is 14.1. The molecule has 0 N–H and O–H groups in total. The van der Waals surface area contributed by atoms with Gasteiger partial charge in [0.1, 0.15) is 7.85 Å². The SMILES string of the molecule is [2H]c1c2ccccc2c(C)c2c(C)c3ccccc3c([B])c12. The van der Waals surface area contributed by atoms with Gasteiger partial charge in [-0.15, -0.1) is 0 Å².